The van der Waals surface area contributed by atoms with Gasteiger partial charge in [0.05, 0.1) is 11.8 Å². The number of aromatic nitrogens is 3. The molecule has 0 saturated carbocycles. The third kappa shape index (κ3) is 6.06. The van der Waals surface area contributed by atoms with Crippen molar-refractivity contribution in [3.05, 3.63) is 95.4 Å². The Balaban J connectivity index is 1.06. The van der Waals surface area contributed by atoms with Gasteiger partial charge in [0.25, 0.3) is 11.8 Å². The number of hydrogen-bond donors (Lipinski definition) is 2. The lowest BCUT2D eigenvalue weighted by Crippen LogP contribution is -2.43. The van der Waals surface area contributed by atoms with Crippen molar-refractivity contribution in [2.24, 2.45) is 7.05 Å². The van der Waals surface area contributed by atoms with E-state index in [2.05, 4.69) is 49.9 Å². The minimum Gasteiger partial charge on any atom is -0.354 e. The van der Waals surface area contributed by atoms with Crippen molar-refractivity contribution in [1.29, 1.82) is 0 Å². The zero-order chi connectivity index (χ0) is 29.1. The molecule has 6 rings (SSSR count). The quantitative estimate of drug-likeness (QED) is 0.360. The minimum atomic E-state index is -0.239. The summed E-state index contributed by atoms with van der Waals surface area (Å²) in [7, 11) is 1.92. The number of pyridine rings is 1. The molecule has 0 aliphatic carbocycles. The van der Waals surface area contributed by atoms with E-state index < -0.39 is 0 Å². The molecule has 2 aliphatic heterocycles. The summed E-state index contributed by atoms with van der Waals surface area (Å²) in [5, 5.41) is 10.6. The summed E-state index contributed by atoms with van der Waals surface area (Å²) < 4.78 is 1.81. The normalized spacial score (nSPS) is 16.0. The van der Waals surface area contributed by atoms with Gasteiger partial charge >= 0.3 is 0 Å². The molecule has 2 amide bonds. The lowest BCUT2D eigenvalue weighted by molar-refractivity contribution is 0.0712. The molecule has 2 aromatic heterocycles. The number of likely N-dealkylation sites (tertiary alicyclic amines) is 1. The molecule has 0 atom stereocenters. The highest BCUT2D eigenvalue weighted by molar-refractivity contribution is 6.05. The Labute approximate surface area is 246 Å². The number of nitrogens with one attached hydrogen (secondary N) is 2. The molecule has 42 heavy (non-hydrogen) atoms. The summed E-state index contributed by atoms with van der Waals surface area (Å²) in [5.41, 5.74) is 6.19. The van der Waals surface area contributed by atoms with Gasteiger partial charge in [-0.05, 0) is 66.6 Å². The molecule has 2 N–H and O–H groups in total. The van der Waals surface area contributed by atoms with Crippen LogP contribution in [0.3, 0.4) is 0 Å². The van der Waals surface area contributed by atoms with E-state index in [1.807, 2.05) is 54.1 Å². The third-order valence-electron chi connectivity index (χ3n) is 8.39. The second-order valence-electron chi connectivity index (χ2n) is 11.2. The Bertz CT molecular complexity index is 1550. The smallest absolute Gasteiger partial charge is 0.257 e. The molecule has 2 saturated heterocycles. The summed E-state index contributed by atoms with van der Waals surface area (Å²) in [6, 6.07) is 18.0. The van der Waals surface area contributed by atoms with Crippen LogP contribution in [0.4, 0.5) is 11.5 Å². The maximum atomic E-state index is 13.4. The van der Waals surface area contributed by atoms with E-state index in [9.17, 15) is 9.59 Å². The van der Waals surface area contributed by atoms with E-state index in [4.69, 9.17) is 0 Å². The fraction of sp³-hybridized carbons (Fsp3) is 0.333. The lowest BCUT2D eigenvalue weighted by Gasteiger charge is -2.32. The van der Waals surface area contributed by atoms with Crippen molar-refractivity contribution in [2.45, 2.75) is 25.7 Å². The molecule has 2 aliphatic rings. The molecule has 2 fully saturated rings. The van der Waals surface area contributed by atoms with Gasteiger partial charge in [-0.15, -0.1) is 0 Å². The van der Waals surface area contributed by atoms with Crippen molar-refractivity contribution in [3.8, 4) is 11.1 Å². The van der Waals surface area contributed by atoms with Crippen LogP contribution in [0.5, 0.6) is 0 Å². The molecule has 0 radical (unpaired) electrons. The van der Waals surface area contributed by atoms with E-state index in [1.165, 1.54) is 5.56 Å². The van der Waals surface area contributed by atoms with Gasteiger partial charge in [0.2, 0.25) is 0 Å². The fourth-order valence-corrected chi connectivity index (χ4v) is 5.80. The number of anilines is 2. The number of hydrogen-bond acceptors (Lipinski definition) is 6. The highest BCUT2D eigenvalue weighted by Crippen LogP contribution is 2.31. The Hall–Kier alpha value is -4.50. The maximum Gasteiger partial charge on any atom is 0.257 e. The largest absolute Gasteiger partial charge is 0.354 e. The second kappa shape index (κ2) is 12.2. The van der Waals surface area contributed by atoms with Crippen LogP contribution in [0.1, 0.15) is 50.6 Å². The van der Waals surface area contributed by atoms with E-state index in [1.54, 1.807) is 18.3 Å². The molecule has 9 heteroatoms. The van der Waals surface area contributed by atoms with Crippen molar-refractivity contribution < 1.29 is 9.59 Å². The number of piperazine rings is 1. The number of carbonyl (C=O) groups is 2. The lowest BCUT2D eigenvalue weighted by atomic mass is 9.88. The second-order valence-corrected chi connectivity index (χ2v) is 11.2. The van der Waals surface area contributed by atoms with Crippen molar-refractivity contribution in [1.82, 2.24) is 25.0 Å². The monoisotopic (exact) mass is 563 g/mol. The molecule has 4 heterocycles. The van der Waals surface area contributed by atoms with Crippen molar-refractivity contribution in [3.63, 3.8) is 0 Å². The molecule has 216 valence electrons. The predicted octanol–water partition coefficient (Wildman–Crippen LogP) is 4.47. The first-order valence-corrected chi connectivity index (χ1v) is 14.7. The zero-order valence-electron chi connectivity index (χ0n) is 24.2. The SMILES string of the molecule is Cc1ccc(C(=O)N2CCC(c3ccc(-c4cnn(C)c4)cc3)CC2)cc1NC(=O)c1ccc(N2CCNCC2)nc1. The number of benzene rings is 2. The third-order valence-corrected chi connectivity index (χ3v) is 8.39. The van der Waals surface area contributed by atoms with Crippen molar-refractivity contribution >= 4 is 23.3 Å². The van der Waals surface area contributed by atoms with Gasteiger partial charge in [-0.1, -0.05) is 30.3 Å². The number of carbonyl (C=O) groups excluding carboxylic acids is 2. The molecule has 9 nitrogen and oxygen atoms in total. The molecule has 0 unspecified atom stereocenters. The zero-order valence-corrected chi connectivity index (χ0v) is 24.2. The Morgan fingerprint density at radius 1 is 0.881 bits per heavy atom. The summed E-state index contributed by atoms with van der Waals surface area (Å²) in [4.78, 5) is 35.1. The highest BCUT2D eigenvalue weighted by atomic mass is 16.2. The molecule has 0 bridgehead atoms. The van der Waals surface area contributed by atoms with Crippen LogP contribution in [0.25, 0.3) is 11.1 Å². The van der Waals surface area contributed by atoms with E-state index >= 15 is 0 Å². The van der Waals surface area contributed by atoms with E-state index in [0.29, 0.717) is 35.8 Å². The van der Waals surface area contributed by atoms with Gasteiger partial charge in [0, 0.05) is 75.5 Å². The minimum absolute atomic E-state index is 0.00193. The summed E-state index contributed by atoms with van der Waals surface area (Å²) in [6.07, 6.45) is 7.36. The van der Waals surface area contributed by atoms with E-state index in [0.717, 1.165) is 61.5 Å². The molecule has 4 aromatic rings. The standard InChI is InChI=1S/C33H37N7O2/c1-23-3-4-27(19-30(23)37-32(41)28-9-10-31(35-20-28)39-17-13-34-14-18-39)33(42)40-15-11-26(12-16-40)24-5-7-25(8-6-24)29-21-36-38(2)22-29/h3-10,19-22,26,34H,11-18H2,1-2H3,(H,37,41). The van der Waals surface area contributed by atoms with Crippen LogP contribution in [0, 0.1) is 6.92 Å². The topological polar surface area (TPSA) is 95.4 Å². The van der Waals surface area contributed by atoms with Crippen LogP contribution in [-0.2, 0) is 7.05 Å². The van der Waals surface area contributed by atoms with Gasteiger partial charge in [-0.25, -0.2) is 4.98 Å². The molecule has 0 spiro atoms. The predicted molar refractivity (Wildman–Crippen MR) is 165 cm³/mol. The van der Waals surface area contributed by atoms with Gasteiger partial charge in [0.15, 0.2) is 0 Å². The molecule has 2 aromatic carbocycles. The Kier molecular flexibility index (Phi) is 8.01. The maximum absolute atomic E-state index is 13.4. The average Bonchev–Trinajstić information content (AvgIpc) is 3.48. The number of aryl methyl sites for hydroxylation is 2. The Morgan fingerprint density at radius 2 is 1.62 bits per heavy atom. The van der Waals surface area contributed by atoms with Crippen LogP contribution in [-0.4, -0.2) is 70.7 Å². The van der Waals surface area contributed by atoms with Gasteiger partial charge in [0.1, 0.15) is 5.82 Å². The number of amides is 2. The summed E-state index contributed by atoms with van der Waals surface area (Å²) in [6.45, 7) is 6.99. The number of nitrogens with zero attached hydrogens (tertiary/aromatic N) is 5. The van der Waals surface area contributed by atoms with E-state index in [-0.39, 0.29) is 11.8 Å². The van der Waals surface area contributed by atoms with Crippen LogP contribution in [0.15, 0.2) is 73.2 Å². The van der Waals surface area contributed by atoms with Crippen LogP contribution < -0.4 is 15.5 Å². The first kappa shape index (κ1) is 27.7. The average molecular weight is 564 g/mol. The van der Waals surface area contributed by atoms with Crippen molar-refractivity contribution in [2.75, 3.05) is 49.5 Å². The van der Waals surface area contributed by atoms with Gasteiger partial charge in [-0.2, -0.15) is 5.10 Å². The number of rotatable bonds is 6. The molecular weight excluding hydrogens is 526 g/mol. The first-order valence-electron chi connectivity index (χ1n) is 14.7. The van der Waals surface area contributed by atoms with Gasteiger partial charge in [-0.3, -0.25) is 14.3 Å². The number of piperidine rings is 1. The van der Waals surface area contributed by atoms with Crippen LogP contribution in [0.2, 0.25) is 0 Å². The summed E-state index contributed by atoms with van der Waals surface area (Å²) >= 11 is 0. The highest BCUT2D eigenvalue weighted by Gasteiger charge is 2.25. The fourth-order valence-electron chi connectivity index (χ4n) is 5.80. The Morgan fingerprint density at radius 3 is 2.29 bits per heavy atom. The van der Waals surface area contributed by atoms with Crippen LogP contribution >= 0.6 is 0 Å². The summed E-state index contributed by atoms with van der Waals surface area (Å²) in [5.74, 6) is 1.06. The van der Waals surface area contributed by atoms with Gasteiger partial charge < -0.3 is 20.4 Å². The molecular formula is C33H37N7O2. The first-order chi connectivity index (χ1) is 20.4.